The zero-order valence-corrected chi connectivity index (χ0v) is 14.9. The maximum absolute atomic E-state index is 12.8. The highest BCUT2D eigenvalue weighted by atomic mass is 16.1. The first kappa shape index (κ1) is 16.4. The van der Waals surface area contributed by atoms with E-state index in [4.69, 9.17) is 0 Å². The molecule has 2 heterocycles. The van der Waals surface area contributed by atoms with Crippen LogP contribution >= 0.6 is 0 Å². The van der Waals surface area contributed by atoms with Crippen LogP contribution in [-0.2, 0) is 7.05 Å². The van der Waals surface area contributed by atoms with Gasteiger partial charge in [-0.05, 0) is 48.4 Å². The van der Waals surface area contributed by atoms with E-state index in [9.17, 15) is 10.1 Å². The Labute approximate surface area is 152 Å². The Hall–Kier alpha value is -3.06. The van der Waals surface area contributed by atoms with E-state index in [-0.39, 0.29) is 5.56 Å². The quantitative estimate of drug-likeness (QED) is 0.705. The molecular formula is C22H21N3O. The average Bonchev–Trinajstić information content (AvgIpc) is 2.71. The molecule has 1 fully saturated rings. The summed E-state index contributed by atoms with van der Waals surface area (Å²) < 4.78 is 1.46. The van der Waals surface area contributed by atoms with Crippen molar-refractivity contribution in [3.63, 3.8) is 0 Å². The molecule has 0 atom stereocenters. The normalized spacial score (nSPS) is 14.4. The Bertz CT molecular complexity index is 1050. The number of anilines is 1. The highest BCUT2D eigenvalue weighted by molar-refractivity contribution is 6.00. The fourth-order valence-electron chi connectivity index (χ4n) is 3.88. The van der Waals surface area contributed by atoms with Crippen LogP contribution in [0.3, 0.4) is 0 Å². The molecule has 4 nitrogen and oxygen atoms in total. The number of fused-ring (bicyclic) bond motifs is 1. The number of piperidine rings is 1. The van der Waals surface area contributed by atoms with Gasteiger partial charge in [0.15, 0.2) is 0 Å². The summed E-state index contributed by atoms with van der Waals surface area (Å²) in [4.78, 5) is 15.2. The van der Waals surface area contributed by atoms with E-state index in [0.717, 1.165) is 35.3 Å². The van der Waals surface area contributed by atoms with Crippen molar-refractivity contribution in [2.24, 2.45) is 7.05 Å². The van der Waals surface area contributed by atoms with Crippen LogP contribution in [0.5, 0.6) is 0 Å². The van der Waals surface area contributed by atoms with Crippen LogP contribution in [-0.4, -0.2) is 17.7 Å². The molecule has 0 radical (unpaired) electrons. The van der Waals surface area contributed by atoms with Crippen LogP contribution in [0.1, 0.15) is 25.0 Å². The van der Waals surface area contributed by atoms with Crippen molar-refractivity contribution in [3.05, 3.63) is 64.6 Å². The standard InChI is InChI=1S/C22H21N3O/c1-24-20(15-23)21(16-8-4-2-5-9-16)19-14-17(10-11-18(19)22(24)26)25-12-6-3-7-13-25/h2,4-5,8-11,14H,3,6-7,12-13H2,1H3. The molecule has 0 bridgehead atoms. The Kier molecular flexibility index (Phi) is 4.22. The molecule has 1 aliphatic rings. The van der Waals surface area contributed by atoms with Gasteiger partial charge < -0.3 is 9.47 Å². The van der Waals surface area contributed by atoms with E-state index in [1.165, 1.54) is 23.8 Å². The number of hydrogen-bond acceptors (Lipinski definition) is 3. The summed E-state index contributed by atoms with van der Waals surface area (Å²) in [6.45, 7) is 2.09. The Morgan fingerprint density at radius 1 is 0.962 bits per heavy atom. The highest BCUT2D eigenvalue weighted by Gasteiger charge is 2.18. The van der Waals surface area contributed by atoms with Crippen molar-refractivity contribution in [1.29, 1.82) is 5.26 Å². The molecule has 0 spiro atoms. The topological polar surface area (TPSA) is 49.0 Å². The summed E-state index contributed by atoms with van der Waals surface area (Å²) in [5, 5.41) is 11.3. The summed E-state index contributed by atoms with van der Waals surface area (Å²) in [7, 11) is 1.67. The van der Waals surface area contributed by atoms with E-state index < -0.39 is 0 Å². The minimum absolute atomic E-state index is 0.124. The zero-order valence-electron chi connectivity index (χ0n) is 14.9. The molecule has 1 aliphatic heterocycles. The van der Waals surface area contributed by atoms with Crippen molar-refractivity contribution in [1.82, 2.24) is 4.57 Å². The summed E-state index contributed by atoms with van der Waals surface area (Å²) in [5.74, 6) is 0. The lowest BCUT2D eigenvalue weighted by molar-refractivity contribution is 0.578. The van der Waals surface area contributed by atoms with Crippen molar-refractivity contribution >= 4 is 16.5 Å². The predicted molar refractivity (Wildman–Crippen MR) is 105 cm³/mol. The molecule has 0 aliphatic carbocycles. The van der Waals surface area contributed by atoms with Crippen molar-refractivity contribution in [3.8, 4) is 17.2 Å². The van der Waals surface area contributed by atoms with E-state index in [1.807, 2.05) is 42.5 Å². The maximum Gasteiger partial charge on any atom is 0.259 e. The third-order valence-corrected chi connectivity index (χ3v) is 5.27. The lowest BCUT2D eigenvalue weighted by atomic mass is 9.96. The maximum atomic E-state index is 12.8. The van der Waals surface area contributed by atoms with Gasteiger partial charge in [0.2, 0.25) is 0 Å². The minimum atomic E-state index is -0.124. The van der Waals surface area contributed by atoms with Crippen LogP contribution in [0, 0.1) is 11.3 Å². The zero-order chi connectivity index (χ0) is 18.1. The first-order chi connectivity index (χ1) is 12.7. The van der Waals surface area contributed by atoms with Gasteiger partial charge in [-0.15, -0.1) is 0 Å². The monoisotopic (exact) mass is 343 g/mol. The first-order valence-electron chi connectivity index (χ1n) is 9.08. The molecule has 4 heteroatoms. The van der Waals surface area contributed by atoms with E-state index in [2.05, 4.69) is 17.0 Å². The van der Waals surface area contributed by atoms with Gasteiger partial charge in [0.05, 0.1) is 0 Å². The summed E-state index contributed by atoms with van der Waals surface area (Å²) in [6, 6.07) is 18.1. The van der Waals surface area contributed by atoms with Crippen LogP contribution in [0.15, 0.2) is 53.3 Å². The molecule has 0 N–H and O–H groups in total. The Morgan fingerprint density at radius 3 is 2.38 bits per heavy atom. The largest absolute Gasteiger partial charge is 0.372 e. The molecule has 0 saturated carbocycles. The second-order valence-electron chi connectivity index (χ2n) is 6.84. The molecule has 26 heavy (non-hydrogen) atoms. The van der Waals surface area contributed by atoms with Gasteiger partial charge in [0, 0.05) is 36.8 Å². The fraction of sp³-hybridized carbons (Fsp3) is 0.273. The third kappa shape index (κ3) is 2.66. The molecule has 2 aromatic carbocycles. The Morgan fingerprint density at radius 2 is 1.69 bits per heavy atom. The molecule has 0 unspecified atom stereocenters. The molecular weight excluding hydrogens is 322 g/mol. The number of hydrogen-bond donors (Lipinski definition) is 0. The van der Waals surface area contributed by atoms with Crippen LogP contribution in [0.25, 0.3) is 21.9 Å². The lowest BCUT2D eigenvalue weighted by Gasteiger charge is -2.29. The molecule has 3 aromatic rings. The van der Waals surface area contributed by atoms with Gasteiger partial charge in [-0.3, -0.25) is 4.79 Å². The van der Waals surface area contributed by atoms with Crippen molar-refractivity contribution in [2.75, 3.05) is 18.0 Å². The van der Waals surface area contributed by atoms with E-state index in [1.54, 1.807) is 7.05 Å². The third-order valence-electron chi connectivity index (χ3n) is 5.27. The first-order valence-corrected chi connectivity index (χ1v) is 9.08. The molecule has 130 valence electrons. The number of rotatable bonds is 2. The van der Waals surface area contributed by atoms with Gasteiger partial charge >= 0.3 is 0 Å². The second-order valence-corrected chi connectivity index (χ2v) is 6.84. The van der Waals surface area contributed by atoms with Gasteiger partial charge in [-0.25, -0.2) is 0 Å². The van der Waals surface area contributed by atoms with Crippen LogP contribution in [0.2, 0.25) is 0 Å². The fourth-order valence-corrected chi connectivity index (χ4v) is 3.88. The molecule has 0 amide bonds. The summed E-state index contributed by atoms with van der Waals surface area (Å²) >= 11 is 0. The molecule has 4 rings (SSSR count). The number of aromatic nitrogens is 1. The van der Waals surface area contributed by atoms with E-state index >= 15 is 0 Å². The smallest absolute Gasteiger partial charge is 0.259 e. The predicted octanol–water partition coefficient (Wildman–Crippen LogP) is 4.07. The average molecular weight is 343 g/mol. The summed E-state index contributed by atoms with van der Waals surface area (Å²) in [6.07, 6.45) is 3.67. The highest BCUT2D eigenvalue weighted by Crippen LogP contribution is 2.33. The summed E-state index contributed by atoms with van der Waals surface area (Å²) in [5.41, 5.74) is 3.21. The van der Waals surface area contributed by atoms with Gasteiger partial charge in [-0.2, -0.15) is 5.26 Å². The van der Waals surface area contributed by atoms with Gasteiger partial charge in [0.25, 0.3) is 5.56 Å². The van der Waals surface area contributed by atoms with Crippen molar-refractivity contribution in [2.45, 2.75) is 19.3 Å². The van der Waals surface area contributed by atoms with Crippen LogP contribution < -0.4 is 10.5 Å². The van der Waals surface area contributed by atoms with Gasteiger partial charge in [-0.1, -0.05) is 30.3 Å². The molecule has 1 saturated heterocycles. The van der Waals surface area contributed by atoms with E-state index in [0.29, 0.717) is 11.1 Å². The molecule has 1 aromatic heterocycles. The number of pyridine rings is 1. The minimum Gasteiger partial charge on any atom is -0.372 e. The second kappa shape index (κ2) is 6.68. The lowest BCUT2D eigenvalue weighted by Crippen LogP contribution is -2.29. The van der Waals surface area contributed by atoms with Crippen LogP contribution in [0.4, 0.5) is 5.69 Å². The number of nitrogens with zero attached hydrogens (tertiary/aromatic N) is 3. The number of nitriles is 1. The van der Waals surface area contributed by atoms with Gasteiger partial charge in [0.1, 0.15) is 11.8 Å². The number of benzene rings is 2. The van der Waals surface area contributed by atoms with Crippen molar-refractivity contribution < 1.29 is 0 Å². The SMILES string of the molecule is Cn1c(C#N)c(-c2ccccc2)c2cc(N3CCCCC3)ccc2c1=O. The Balaban J connectivity index is 2.03.